The van der Waals surface area contributed by atoms with Crippen molar-refractivity contribution in [3.63, 3.8) is 0 Å². The van der Waals surface area contributed by atoms with Gasteiger partial charge in [0.1, 0.15) is 0 Å². The normalized spacial score (nSPS) is 12.1. The third kappa shape index (κ3) is 4.76. The number of thiophene rings is 1. The van der Waals surface area contributed by atoms with Gasteiger partial charge >= 0.3 is 0 Å². The monoisotopic (exact) mass is 772 g/mol. The zero-order valence-electron chi connectivity index (χ0n) is 31.6. The average Bonchev–Trinajstić information content (AvgIpc) is 3.96. The van der Waals surface area contributed by atoms with Crippen molar-refractivity contribution in [2.45, 2.75) is 0 Å². The van der Waals surface area contributed by atoms with E-state index in [2.05, 4.69) is 228 Å². The van der Waals surface area contributed by atoms with E-state index in [4.69, 9.17) is 0 Å². The Labute approximate surface area is 341 Å². The van der Waals surface area contributed by atoms with Gasteiger partial charge in [-0.05, 0) is 75.3 Å². The van der Waals surface area contributed by atoms with Crippen LogP contribution in [0.3, 0.4) is 0 Å². The number of hydrogen-bond acceptors (Lipinski definition) is 1. The van der Waals surface area contributed by atoms with Crippen LogP contribution in [-0.4, -0.2) is 17.2 Å². The Morgan fingerprint density at radius 3 is 1.47 bits per heavy atom. The average molecular weight is 773 g/mol. The van der Waals surface area contributed by atoms with E-state index in [1.165, 1.54) is 95.9 Å². The molecule has 0 N–H and O–H groups in total. The van der Waals surface area contributed by atoms with E-state index in [0.717, 1.165) is 0 Å². The molecular weight excluding hydrogens is 737 g/mol. The highest BCUT2D eigenvalue weighted by molar-refractivity contribution is 7.26. The molecule has 0 aliphatic rings. The molecule has 0 spiro atoms. The van der Waals surface area contributed by atoms with E-state index < -0.39 is 8.07 Å². The minimum absolute atomic E-state index is 1.17. The van der Waals surface area contributed by atoms with Crippen LogP contribution >= 0.6 is 11.3 Å². The van der Waals surface area contributed by atoms with Gasteiger partial charge < -0.3 is 9.13 Å². The van der Waals surface area contributed by atoms with Gasteiger partial charge in [0, 0.05) is 53.1 Å². The van der Waals surface area contributed by atoms with Crippen molar-refractivity contribution < 1.29 is 0 Å². The molecule has 12 rings (SSSR count). The number of fused-ring (bicyclic) bond motifs is 10. The summed E-state index contributed by atoms with van der Waals surface area (Å²) in [6.45, 7) is 0. The molecule has 0 bridgehead atoms. The third-order valence-electron chi connectivity index (χ3n) is 12.3. The first kappa shape index (κ1) is 33.2. The topological polar surface area (TPSA) is 9.86 Å². The van der Waals surface area contributed by atoms with Crippen LogP contribution in [0.4, 0.5) is 0 Å². The first-order valence-electron chi connectivity index (χ1n) is 19.9. The molecule has 0 fully saturated rings. The number of benzene rings is 9. The van der Waals surface area contributed by atoms with E-state index in [1.807, 2.05) is 11.3 Å². The standard InChI is InChI=1S/C54H36N2SSi/c1-3-17-39(18-4-1)58(40-19-5-2-6-20-40,42-21-15-16-38(36-42)56-48-26-11-7-22-43(48)44-23-8-12-27-49(44)56)41-32-30-37(31-33-41)55-50-28-13-9-25-47(50)53-51(55)35-34-46-45-24-10-14-29-52(45)57-54(46)53/h1-36H. The highest BCUT2D eigenvalue weighted by Gasteiger charge is 2.41. The molecule has 0 unspecified atom stereocenters. The van der Waals surface area contributed by atoms with Gasteiger partial charge in [0.05, 0.1) is 22.1 Å². The quantitative estimate of drug-likeness (QED) is 0.118. The molecule has 0 aliphatic heterocycles. The lowest BCUT2D eigenvalue weighted by molar-refractivity contribution is 1.18. The second-order valence-corrected chi connectivity index (χ2v) is 20.1. The lowest BCUT2D eigenvalue weighted by Crippen LogP contribution is -2.74. The maximum Gasteiger partial charge on any atom is 0.179 e. The Kier molecular flexibility index (Phi) is 7.46. The molecule has 9 aromatic carbocycles. The number of nitrogens with zero attached hydrogens (tertiary/aromatic N) is 2. The summed E-state index contributed by atoms with van der Waals surface area (Å²) in [4.78, 5) is 0. The van der Waals surface area contributed by atoms with E-state index in [1.54, 1.807) is 0 Å². The Morgan fingerprint density at radius 1 is 0.310 bits per heavy atom. The van der Waals surface area contributed by atoms with Gasteiger partial charge in [-0.25, -0.2) is 0 Å². The Morgan fingerprint density at radius 2 is 0.810 bits per heavy atom. The predicted molar refractivity (Wildman–Crippen MR) is 252 cm³/mol. The van der Waals surface area contributed by atoms with Gasteiger partial charge in [0.25, 0.3) is 0 Å². The molecule has 0 radical (unpaired) electrons. The van der Waals surface area contributed by atoms with Gasteiger partial charge in [-0.2, -0.15) is 0 Å². The zero-order valence-corrected chi connectivity index (χ0v) is 33.4. The van der Waals surface area contributed by atoms with E-state index >= 15 is 0 Å². The number of rotatable bonds is 6. The van der Waals surface area contributed by atoms with Crippen molar-refractivity contribution in [1.29, 1.82) is 0 Å². The van der Waals surface area contributed by atoms with Gasteiger partial charge in [0.2, 0.25) is 0 Å². The first-order chi connectivity index (χ1) is 28.8. The Hall–Kier alpha value is -6.98. The summed E-state index contributed by atoms with van der Waals surface area (Å²) in [5, 5.41) is 13.2. The summed E-state index contributed by atoms with van der Waals surface area (Å²) in [5.74, 6) is 0. The molecule has 272 valence electrons. The second kappa shape index (κ2) is 13.0. The van der Waals surface area contributed by atoms with Crippen molar-refractivity contribution in [2.75, 3.05) is 0 Å². The van der Waals surface area contributed by atoms with Gasteiger partial charge in [-0.3, -0.25) is 0 Å². The minimum atomic E-state index is -2.87. The maximum absolute atomic E-state index is 2.87. The Balaban J connectivity index is 1.10. The van der Waals surface area contributed by atoms with Crippen molar-refractivity contribution in [3.05, 3.63) is 218 Å². The van der Waals surface area contributed by atoms with Crippen LogP contribution in [0.1, 0.15) is 0 Å². The van der Waals surface area contributed by atoms with Crippen molar-refractivity contribution in [3.8, 4) is 11.4 Å². The minimum Gasteiger partial charge on any atom is -0.309 e. The summed E-state index contributed by atoms with van der Waals surface area (Å²) in [6.07, 6.45) is 0. The summed E-state index contributed by atoms with van der Waals surface area (Å²) in [6, 6.07) is 81.4. The maximum atomic E-state index is 2.47. The highest BCUT2D eigenvalue weighted by Crippen LogP contribution is 2.43. The van der Waals surface area contributed by atoms with Crippen molar-refractivity contribution in [1.82, 2.24) is 9.13 Å². The molecule has 0 aliphatic carbocycles. The molecule has 3 heterocycles. The summed E-state index contributed by atoms with van der Waals surface area (Å²) in [7, 11) is -2.87. The van der Waals surface area contributed by atoms with Crippen LogP contribution in [0.15, 0.2) is 218 Å². The molecule has 0 saturated heterocycles. The van der Waals surface area contributed by atoms with Gasteiger partial charge in [0.15, 0.2) is 8.07 Å². The Bertz CT molecular complexity index is 3410. The fourth-order valence-corrected chi connectivity index (χ4v) is 15.9. The molecule has 4 heteroatoms. The smallest absolute Gasteiger partial charge is 0.179 e. The molecule has 0 saturated carbocycles. The first-order valence-corrected chi connectivity index (χ1v) is 22.8. The third-order valence-corrected chi connectivity index (χ3v) is 18.2. The van der Waals surface area contributed by atoms with Crippen LogP contribution < -0.4 is 20.7 Å². The van der Waals surface area contributed by atoms with Crippen molar-refractivity contribution in [2.24, 2.45) is 0 Å². The summed E-state index contributed by atoms with van der Waals surface area (Å²) < 4.78 is 7.60. The molecular formula is C54H36N2SSi. The molecule has 0 amide bonds. The summed E-state index contributed by atoms with van der Waals surface area (Å²) >= 11 is 1.90. The molecule has 2 nitrogen and oxygen atoms in total. The lowest BCUT2D eigenvalue weighted by atomic mass is 10.1. The lowest BCUT2D eigenvalue weighted by Gasteiger charge is -2.35. The number of hydrogen-bond donors (Lipinski definition) is 0. The van der Waals surface area contributed by atoms with Crippen LogP contribution in [0.25, 0.3) is 75.2 Å². The largest absolute Gasteiger partial charge is 0.309 e. The SMILES string of the molecule is c1ccc([Si](c2ccccc2)(c2ccc(-n3c4ccccc4c4c5sc6ccccc6c5ccc43)cc2)c2cccc(-n3c4ccccc4c4ccccc43)c2)cc1. The molecule has 58 heavy (non-hydrogen) atoms. The molecule has 3 aromatic heterocycles. The van der Waals surface area contributed by atoms with Crippen LogP contribution in [0.5, 0.6) is 0 Å². The number of aromatic nitrogens is 2. The molecule has 0 atom stereocenters. The van der Waals surface area contributed by atoms with Gasteiger partial charge in [-0.15, -0.1) is 11.3 Å². The van der Waals surface area contributed by atoms with E-state index in [9.17, 15) is 0 Å². The fraction of sp³-hybridized carbons (Fsp3) is 0. The summed E-state index contributed by atoms with van der Waals surface area (Å²) in [5.41, 5.74) is 7.24. The highest BCUT2D eigenvalue weighted by atomic mass is 32.1. The van der Waals surface area contributed by atoms with E-state index in [0.29, 0.717) is 0 Å². The van der Waals surface area contributed by atoms with Crippen LogP contribution in [0, 0.1) is 0 Å². The van der Waals surface area contributed by atoms with Crippen molar-refractivity contribution >= 4 is 104 Å². The second-order valence-electron chi connectivity index (χ2n) is 15.2. The van der Waals surface area contributed by atoms with Crippen LogP contribution in [-0.2, 0) is 0 Å². The fourth-order valence-electron chi connectivity index (χ4n) is 9.83. The van der Waals surface area contributed by atoms with Gasteiger partial charge in [-0.1, -0.05) is 164 Å². The van der Waals surface area contributed by atoms with Crippen LogP contribution in [0.2, 0.25) is 0 Å². The van der Waals surface area contributed by atoms with E-state index in [-0.39, 0.29) is 0 Å². The number of para-hydroxylation sites is 3. The zero-order chi connectivity index (χ0) is 38.2. The predicted octanol–water partition coefficient (Wildman–Crippen LogP) is 11.6. The molecule has 12 aromatic rings.